The van der Waals surface area contributed by atoms with Crippen molar-refractivity contribution in [2.24, 2.45) is 11.8 Å². The summed E-state index contributed by atoms with van der Waals surface area (Å²) in [6.45, 7) is 6.51. The number of carbonyl (C=O) groups excluding carboxylic acids is 1. The lowest BCUT2D eigenvalue weighted by molar-refractivity contribution is -0.0533. The van der Waals surface area contributed by atoms with Crippen LogP contribution in [0.2, 0.25) is 0 Å². The molecule has 8 heteroatoms. The molecule has 3 atom stereocenters. The molecule has 0 radical (unpaired) electrons. The van der Waals surface area contributed by atoms with Crippen LogP contribution in [-0.4, -0.2) is 37.5 Å². The third kappa shape index (κ3) is 9.60. The third-order valence-electron chi connectivity index (χ3n) is 5.01. The molecular formula is C21H33NO6S. The fraction of sp³-hybridized carbons (Fsp3) is 0.667. The summed E-state index contributed by atoms with van der Waals surface area (Å²) in [6.07, 6.45) is 5.47. The van der Waals surface area contributed by atoms with Gasteiger partial charge in [0.15, 0.2) is 6.23 Å². The van der Waals surface area contributed by atoms with Gasteiger partial charge in [-0.25, -0.2) is 4.79 Å². The molecule has 1 aliphatic carbocycles. The number of hydrogen-bond donors (Lipinski definition) is 2. The Morgan fingerprint density at radius 1 is 1.14 bits per heavy atom. The number of carbonyl (C=O) groups is 1. The normalized spacial score (nSPS) is 24.5. The van der Waals surface area contributed by atoms with Crippen molar-refractivity contribution in [1.82, 2.24) is 5.32 Å². The second-order valence-corrected chi connectivity index (χ2v) is 10.2. The molecule has 0 bridgehead atoms. The molecule has 2 aliphatic rings. The van der Waals surface area contributed by atoms with Crippen LogP contribution in [0.4, 0.5) is 4.79 Å². The lowest BCUT2D eigenvalue weighted by atomic mass is 9.75. The Bertz CT molecular complexity index is 744. The zero-order chi connectivity index (χ0) is 21.5. The van der Waals surface area contributed by atoms with Gasteiger partial charge < -0.3 is 9.47 Å². The molecule has 164 valence electrons. The van der Waals surface area contributed by atoms with Crippen molar-refractivity contribution in [3.8, 4) is 0 Å². The highest BCUT2D eigenvalue weighted by Gasteiger charge is 2.34. The molecule has 0 spiro atoms. The summed E-state index contributed by atoms with van der Waals surface area (Å²) >= 11 is 0. The van der Waals surface area contributed by atoms with E-state index in [2.05, 4.69) is 5.32 Å². The SMILES string of the molecule is CC(C)(C)OC(=O)OC1CC2CCCCC2CN1.O=S(=O)(O)Cc1ccccc1. The highest BCUT2D eigenvalue weighted by atomic mass is 32.2. The molecule has 1 saturated carbocycles. The van der Waals surface area contributed by atoms with Crippen molar-refractivity contribution in [1.29, 1.82) is 0 Å². The molecule has 1 saturated heterocycles. The van der Waals surface area contributed by atoms with Gasteiger partial charge in [0.2, 0.25) is 0 Å². The fourth-order valence-corrected chi connectivity index (χ4v) is 4.38. The third-order valence-corrected chi connectivity index (χ3v) is 5.71. The molecule has 7 nitrogen and oxygen atoms in total. The first kappa shape index (κ1) is 23.6. The van der Waals surface area contributed by atoms with Crippen LogP contribution in [0.25, 0.3) is 0 Å². The minimum Gasteiger partial charge on any atom is -0.429 e. The van der Waals surface area contributed by atoms with E-state index < -0.39 is 21.9 Å². The number of fused-ring (bicyclic) bond motifs is 1. The van der Waals surface area contributed by atoms with Crippen molar-refractivity contribution in [2.75, 3.05) is 6.54 Å². The summed E-state index contributed by atoms with van der Waals surface area (Å²) in [6, 6.07) is 8.52. The number of nitrogens with one attached hydrogen (secondary N) is 1. The van der Waals surface area contributed by atoms with E-state index in [1.165, 1.54) is 25.7 Å². The van der Waals surface area contributed by atoms with E-state index in [1.807, 2.05) is 20.8 Å². The van der Waals surface area contributed by atoms with E-state index >= 15 is 0 Å². The fourth-order valence-electron chi connectivity index (χ4n) is 3.77. The van der Waals surface area contributed by atoms with Gasteiger partial charge in [-0.2, -0.15) is 8.42 Å². The maximum absolute atomic E-state index is 11.6. The van der Waals surface area contributed by atoms with E-state index in [1.54, 1.807) is 30.3 Å². The van der Waals surface area contributed by atoms with E-state index in [0.717, 1.165) is 18.9 Å². The van der Waals surface area contributed by atoms with Crippen LogP contribution in [0.1, 0.15) is 58.4 Å². The van der Waals surface area contributed by atoms with Crippen molar-refractivity contribution in [3.05, 3.63) is 35.9 Å². The lowest BCUT2D eigenvalue weighted by Gasteiger charge is -2.39. The average Bonchev–Trinajstić information content (AvgIpc) is 2.60. The van der Waals surface area contributed by atoms with E-state index in [9.17, 15) is 13.2 Å². The van der Waals surface area contributed by atoms with Gasteiger partial charge in [-0.05, 0) is 51.0 Å². The Morgan fingerprint density at radius 2 is 1.76 bits per heavy atom. The topological polar surface area (TPSA) is 102 Å². The summed E-state index contributed by atoms with van der Waals surface area (Å²) in [5.41, 5.74) is 0.106. The van der Waals surface area contributed by atoms with Crippen molar-refractivity contribution in [3.63, 3.8) is 0 Å². The zero-order valence-electron chi connectivity index (χ0n) is 17.5. The van der Waals surface area contributed by atoms with Gasteiger partial charge in [0.1, 0.15) is 11.4 Å². The minimum atomic E-state index is -3.88. The summed E-state index contributed by atoms with van der Waals surface area (Å²) < 4.78 is 39.7. The van der Waals surface area contributed by atoms with Crippen LogP contribution in [0.5, 0.6) is 0 Å². The summed E-state index contributed by atoms with van der Waals surface area (Å²) in [7, 11) is -3.88. The number of rotatable bonds is 3. The first-order chi connectivity index (χ1) is 13.5. The Labute approximate surface area is 173 Å². The number of benzene rings is 1. The van der Waals surface area contributed by atoms with Gasteiger partial charge in [-0.15, -0.1) is 0 Å². The first-order valence-corrected chi connectivity index (χ1v) is 11.7. The maximum atomic E-state index is 11.6. The number of ether oxygens (including phenoxy) is 2. The van der Waals surface area contributed by atoms with Crippen LogP contribution >= 0.6 is 0 Å². The molecule has 3 rings (SSSR count). The van der Waals surface area contributed by atoms with Gasteiger partial charge >= 0.3 is 6.16 Å². The molecule has 1 heterocycles. The average molecular weight is 428 g/mol. The molecule has 29 heavy (non-hydrogen) atoms. The van der Waals surface area contributed by atoms with Crippen LogP contribution < -0.4 is 5.32 Å². The first-order valence-electron chi connectivity index (χ1n) is 10.1. The van der Waals surface area contributed by atoms with Gasteiger partial charge in [0, 0.05) is 13.0 Å². The smallest absolute Gasteiger partial charge is 0.429 e. The highest BCUT2D eigenvalue weighted by Crippen LogP contribution is 2.35. The van der Waals surface area contributed by atoms with Crippen molar-refractivity contribution >= 4 is 16.3 Å². The van der Waals surface area contributed by atoms with Gasteiger partial charge in [0.25, 0.3) is 10.1 Å². The predicted molar refractivity (Wildman–Crippen MR) is 111 cm³/mol. The summed E-state index contributed by atoms with van der Waals surface area (Å²) in [5.74, 6) is 1.18. The van der Waals surface area contributed by atoms with Crippen LogP contribution in [-0.2, 0) is 25.3 Å². The number of hydrogen-bond acceptors (Lipinski definition) is 6. The molecular weight excluding hydrogens is 394 g/mol. The molecule has 2 fully saturated rings. The maximum Gasteiger partial charge on any atom is 0.510 e. The second-order valence-electron chi connectivity index (χ2n) is 8.73. The summed E-state index contributed by atoms with van der Waals surface area (Å²) in [4.78, 5) is 11.6. The number of piperidine rings is 1. The van der Waals surface area contributed by atoms with Crippen LogP contribution in [0.3, 0.4) is 0 Å². The van der Waals surface area contributed by atoms with Crippen molar-refractivity contribution < 1.29 is 27.2 Å². The molecule has 1 aromatic rings. The molecule has 1 aliphatic heterocycles. The zero-order valence-corrected chi connectivity index (χ0v) is 18.3. The van der Waals surface area contributed by atoms with Crippen molar-refractivity contribution in [2.45, 2.75) is 70.5 Å². The van der Waals surface area contributed by atoms with Crippen LogP contribution in [0, 0.1) is 11.8 Å². The Morgan fingerprint density at radius 3 is 2.34 bits per heavy atom. The van der Waals surface area contributed by atoms with Gasteiger partial charge in [0.05, 0.1) is 0 Å². The van der Waals surface area contributed by atoms with E-state index in [-0.39, 0.29) is 12.0 Å². The Kier molecular flexibility index (Phi) is 8.48. The molecule has 3 unspecified atom stereocenters. The largest absolute Gasteiger partial charge is 0.510 e. The molecule has 2 N–H and O–H groups in total. The molecule has 0 aromatic heterocycles. The highest BCUT2D eigenvalue weighted by molar-refractivity contribution is 7.85. The lowest BCUT2D eigenvalue weighted by Crippen LogP contribution is -2.47. The summed E-state index contributed by atoms with van der Waals surface area (Å²) in [5, 5.41) is 3.31. The second kappa shape index (κ2) is 10.4. The standard InChI is InChI=1S/C14H25NO3.C7H8O3S/c1-14(2,3)18-13(16)17-12-8-10-6-4-5-7-11(10)9-15-12;8-11(9,10)6-7-4-2-1-3-5-7/h10-12,15H,4-9H2,1-3H3;1-5H,6H2,(H,8,9,10). The molecule has 1 aromatic carbocycles. The minimum absolute atomic E-state index is 0.167. The molecule has 0 amide bonds. The predicted octanol–water partition coefficient (Wildman–Crippen LogP) is 4.14. The van der Waals surface area contributed by atoms with Crippen LogP contribution in [0.15, 0.2) is 30.3 Å². The van der Waals surface area contributed by atoms with Gasteiger partial charge in [-0.1, -0.05) is 43.2 Å². The quantitative estimate of drug-likeness (QED) is 0.552. The monoisotopic (exact) mass is 427 g/mol. The van der Waals surface area contributed by atoms with Gasteiger partial charge in [-0.3, -0.25) is 9.87 Å². The Hall–Kier alpha value is -1.64. The van der Waals surface area contributed by atoms with E-state index in [4.69, 9.17) is 14.0 Å². The Balaban J connectivity index is 0.000000234. The van der Waals surface area contributed by atoms with E-state index in [0.29, 0.717) is 11.5 Å².